The maximum Gasteiger partial charge on any atom is -0.00475 e. The zero-order valence-corrected chi connectivity index (χ0v) is 11.4. The van der Waals surface area contributed by atoms with Gasteiger partial charge in [-0.05, 0) is 61.5 Å². The molecule has 15 heavy (non-hydrogen) atoms. The Morgan fingerprint density at radius 1 is 1.27 bits per heavy atom. The number of rotatable bonds is 2. The highest BCUT2D eigenvalue weighted by molar-refractivity contribution is 5.17. The Morgan fingerprint density at radius 3 is 2.13 bits per heavy atom. The number of allylic oxidation sites excluding steroid dienone is 1. The molecular formula is C15H26. The van der Waals surface area contributed by atoms with Crippen molar-refractivity contribution in [3.05, 3.63) is 16.9 Å². The Morgan fingerprint density at radius 2 is 1.80 bits per heavy atom. The van der Waals surface area contributed by atoms with Crippen molar-refractivity contribution >= 4 is 0 Å². The van der Waals surface area contributed by atoms with Crippen LogP contribution < -0.4 is 0 Å². The lowest BCUT2D eigenvalue weighted by atomic mass is 9.49. The zero-order chi connectivity index (χ0) is 11.8. The van der Waals surface area contributed by atoms with Gasteiger partial charge in [-0.25, -0.2) is 0 Å². The Labute approximate surface area is 95.5 Å². The van der Waals surface area contributed by atoms with Crippen molar-refractivity contribution in [2.24, 2.45) is 23.2 Å². The van der Waals surface area contributed by atoms with Crippen LogP contribution in [-0.4, -0.2) is 0 Å². The molecule has 1 fully saturated rings. The standard InChI is InChI=1S/C15H26/c1-10(2)8-12(5)14-13(6)9-15(14,7)11(3)4/h11,13-14H,9H2,1-7H3. The summed E-state index contributed by atoms with van der Waals surface area (Å²) < 4.78 is 0. The molecule has 3 unspecified atom stereocenters. The van der Waals surface area contributed by atoms with Gasteiger partial charge in [-0.3, -0.25) is 0 Å². The molecule has 1 rings (SSSR count). The van der Waals surface area contributed by atoms with Gasteiger partial charge in [0.25, 0.3) is 0 Å². The Balaban J connectivity index is 2.99. The molecule has 0 heterocycles. The van der Waals surface area contributed by atoms with Crippen molar-refractivity contribution in [2.45, 2.75) is 54.9 Å². The first-order chi connectivity index (χ1) is 6.79. The fourth-order valence-corrected chi connectivity index (χ4v) is 3.42. The summed E-state index contributed by atoms with van der Waals surface area (Å²) >= 11 is 0. The molecule has 0 spiro atoms. The molecule has 1 aliphatic rings. The third-order valence-corrected chi connectivity index (χ3v) is 4.27. The first-order valence-corrected chi connectivity index (χ1v) is 6.19. The molecule has 3 atom stereocenters. The summed E-state index contributed by atoms with van der Waals surface area (Å²) in [4.78, 5) is 0. The van der Waals surface area contributed by atoms with E-state index in [-0.39, 0.29) is 0 Å². The van der Waals surface area contributed by atoms with Crippen LogP contribution in [0.15, 0.2) is 16.9 Å². The number of hydrogen-bond acceptors (Lipinski definition) is 0. The first kappa shape index (κ1) is 12.6. The lowest BCUT2D eigenvalue weighted by molar-refractivity contribution is -0.0326. The summed E-state index contributed by atoms with van der Waals surface area (Å²) in [6, 6.07) is 0. The van der Waals surface area contributed by atoms with Crippen molar-refractivity contribution in [3.8, 4) is 0 Å². The van der Waals surface area contributed by atoms with Gasteiger partial charge in [-0.1, -0.05) is 27.7 Å². The summed E-state index contributed by atoms with van der Waals surface area (Å²) in [7, 11) is 0. The Kier molecular flexibility index (Phi) is 3.51. The molecule has 0 aromatic rings. The average Bonchev–Trinajstić information content (AvgIpc) is 2.00. The maximum absolute atomic E-state index is 3.52. The molecule has 86 valence electrons. The predicted molar refractivity (Wildman–Crippen MR) is 67.8 cm³/mol. The third kappa shape index (κ3) is 2.21. The molecule has 1 saturated carbocycles. The van der Waals surface area contributed by atoms with Crippen LogP contribution >= 0.6 is 0 Å². The van der Waals surface area contributed by atoms with E-state index in [9.17, 15) is 0 Å². The fraction of sp³-hybridized carbons (Fsp3) is 0.800. The van der Waals surface area contributed by atoms with Crippen molar-refractivity contribution in [1.29, 1.82) is 0 Å². The lowest BCUT2D eigenvalue weighted by Gasteiger charge is -2.55. The molecule has 0 saturated heterocycles. The molecule has 1 aliphatic carbocycles. The van der Waals surface area contributed by atoms with Crippen LogP contribution in [0.2, 0.25) is 0 Å². The van der Waals surface area contributed by atoms with Crippen LogP contribution in [0.1, 0.15) is 54.9 Å². The number of hydrogen-bond donors (Lipinski definition) is 0. The van der Waals surface area contributed by atoms with E-state index in [2.05, 4.69) is 54.2 Å². The highest BCUT2D eigenvalue weighted by Crippen LogP contribution is 2.57. The van der Waals surface area contributed by atoms with Crippen LogP contribution in [0.3, 0.4) is 0 Å². The van der Waals surface area contributed by atoms with Crippen molar-refractivity contribution < 1.29 is 0 Å². The van der Waals surface area contributed by atoms with E-state index < -0.39 is 0 Å². The van der Waals surface area contributed by atoms with Crippen LogP contribution in [0.25, 0.3) is 0 Å². The zero-order valence-electron chi connectivity index (χ0n) is 11.4. The summed E-state index contributed by atoms with van der Waals surface area (Å²) in [6.45, 7) is 16.1. The minimum absolute atomic E-state index is 0.506. The minimum Gasteiger partial charge on any atom is -0.123 e. The van der Waals surface area contributed by atoms with E-state index in [0.717, 1.165) is 17.8 Å². The van der Waals surface area contributed by atoms with Gasteiger partial charge in [-0.15, -0.1) is 5.73 Å². The predicted octanol–water partition coefficient (Wildman–Crippen LogP) is 4.82. The minimum atomic E-state index is 0.506. The van der Waals surface area contributed by atoms with Gasteiger partial charge < -0.3 is 0 Å². The quantitative estimate of drug-likeness (QED) is 0.568. The maximum atomic E-state index is 3.52. The monoisotopic (exact) mass is 206 g/mol. The molecule has 0 amide bonds. The molecule has 0 heteroatoms. The molecule has 0 aromatic carbocycles. The topological polar surface area (TPSA) is 0 Å². The van der Waals surface area contributed by atoms with Gasteiger partial charge in [0.1, 0.15) is 0 Å². The molecule has 0 bridgehead atoms. The first-order valence-electron chi connectivity index (χ1n) is 6.19. The highest BCUT2D eigenvalue weighted by atomic mass is 14.5. The van der Waals surface area contributed by atoms with E-state index in [4.69, 9.17) is 0 Å². The van der Waals surface area contributed by atoms with Crippen molar-refractivity contribution in [2.75, 3.05) is 0 Å². The second-order valence-corrected chi connectivity index (χ2v) is 6.13. The highest BCUT2D eigenvalue weighted by Gasteiger charge is 2.50. The molecule has 0 N–H and O–H groups in total. The Bertz CT molecular complexity index is 298. The normalized spacial score (nSPS) is 34.7. The summed E-state index contributed by atoms with van der Waals surface area (Å²) in [6.07, 6.45) is 1.37. The third-order valence-electron chi connectivity index (χ3n) is 4.27. The molecule has 0 nitrogen and oxygen atoms in total. The largest absolute Gasteiger partial charge is 0.123 e. The van der Waals surface area contributed by atoms with E-state index in [0.29, 0.717) is 5.41 Å². The van der Waals surface area contributed by atoms with Crippen LogP contribution in [0.4, 0.5) is 0 Å². The summed E-state index contributed by atoms with van der Waals surface area (Å²) in [5.41, 5.74) is 6.79. The van der Waals surface area contributed by atoms with Crippen molar-refractivity contribution in [3.63, 3.8) is 0 Å². The average molecular weight is 206 g/mol. The van der Waals surface area contributed by atoms with Crippen LogP contribution in [0, 0.1) is 23.2 Å². The van der Waals surface area contributed by atoms with E-state index in [1.807, 2.05) is 0 Å². The van der Waals surface area contributed by atoms with E-state index in [1.54, 1.807) is 0 Å². The van der Waals surface area contributed by atoms with Gasteiger partial charge in [0.05, 0.1) is 0 Å². The van der Waals surface area contributed by atoms with Gasteiger partial charge in [0.2, 0.25) is 0 Å². The molecule has 0 aliphatic heterocycles. The second-order valence-electron chi connectivity index (χ2n) is 6.13. The summed E-state index contributed by atoms with van der Waals surface area (Å²) in [5, 5.41) is 0. The van der Waals surface area contributed by atoms with Gasteiger partial charge in [0.15, 0.2) is 0 Å². The van der Waals surface area contributed by atoms with Crippen molar-refractivity contribution in [1.82, 2.24) is 0 Å². The second kappa shape index (κ2) is 4.18. The van der Waals surface area contributed by atoms with Crippen LogP contribution in [0.5, 0.6) is 0 Å². The molecular weight excluding hydrogens is 180 g/mol. The van der Waals surface area contributed by atoms with Gasteiger partial charge in [-0.2, -0.15) is 0 Å². The van der Waals surface area contributed by atoms with E-state index >= 15 is 0 Å². The molecule has 0 radical (unpaired) electrons. The SMILES string of the molecule is CC(C)=C=C(C)C1C(C)CC1(C)C(C)C. The summed E-state index contributed by atoms with van der Waals surface area (Å²) in [5.74, 6) is 2.35. The van der Waals surface area contributed by atoms with Gasteiger partial charge >= 0.3 is 0 Å². The molecule has 0 aromatic heterocycles. The lowest BCUT2D eigenvalue weighted by Crippen LogP contribution is -2.48. The smallest absolute Gasteiger partial charge is 0.00475 e. The van der Waals surface area contributed by atoms with Gasteiger partial charge in [0, 0.05) is 0 Å². The van der Waals surface area contributed by atoms with Crippen LogP contribution in [-0.2, 0) is 0 Å². The fourth-order valence-electron chi connectivity index (χ4n) is 3.42. The Hall–Kier alpha value is -0.480. The van der Waals surface area contributed by atoms with E-state index in [1.165, 1.54) is 17.6 Å².